The van der Waals surface area contributed by atoms with Crippen molar-refractivity contribution in [2.75, 3.05) is 0 Å². The van der Waals surface area contributed by atoms with Gasteiger partial charge < -0.3 is 5.32 Å². The van der Waals surface area contributed by atoms with Crippen LogP contribution in [0.3, 0.4) is 0 Å². The second kappa shape index (κ2) is 9.20. The van der Waals surface area contributed by atoms with E-state index in [4.69, 9.17) is 6.57 Å². The number of rotatable bonds is 6. The summed E-state index contributed by atoms with van der Waals surface area (Å²) in [4.78, 5) is 20.3. The fourth-order valence-electron chi connectivity index (χ4n) is 3.80. The summed E-state index contributed by atoms with van der Waals surface area (Å²) in [6.07, 6.45) is 0.216. The summed E-state index contributed by atoms with van der Waals surface area (Å²) in [5.41, 5.74) is 2.18. The lowest BCUT2D eigenvalue weighted by Crippen LogP contribution is -2.23. The predicted octanol–water partition coefficient (Wildman–Crippen LogP) is 6.51. The van der Waals surface area contributed by atoms with E-state index in [1.165, 1.54) is 46.6 Å². The van der Waals surface area contributed by atoms with Gasteiger partial charge >= 0.3 is 6.18 Å². The third kappa shape index (κ3) is 4.72. The van der Waals surface area contributed by atoms with Gasteiger partial charge in [-0.05, 0) is 30.5 Å². The molecule has 2 aromatic carbocycles. The number of aromatic nitrogens is 3. The Kier molecular flexibility index (Phi) is 6.05. The van der Waals surface area contributed by atoms with E-state index < -0.39 is 23.2 Å². The van der Waals surface area contributed by atoms with Gasteiger partial charge in [0.2, 0.25) is 0 Å². The minimum absolute atomic E-state index is 0.00900. The van der Waals surface area contributed by atoms with Crippen molar-refractivity contribution in [1.82, 2.24) is 20.1 Å². The molecule has 1 fully saturated rings. The second-order valence-corrected chi connectivity index (χ2v) is 9.17. The van der Waals surface area contributed by atoms with Crippen LogP contribution in [0.2, 0.25) is 0 Å². The standard InChI is InChI=1S/C25H17F4N5OS/c1-30-21-7-5-15(8-19(21)25(27,28)29)17-11-33-34(12-17)18-6-4-16(20(26)9-18)10-31-24(35)23-22(14-2-3-14)32-13-36-23/h4-9,11-14H,2-3,10H2,(H,31,35). The van der Waals surface area contributed by atoms with E-state index in [1.54, 1.807) is 11.6 Å². The lowest BCUT2D eigenvalue weighted by Gasteiger charge is -2.10. The zero-order valence-corrected chi connectivity index (χ0v) is 19.3. The van der Waals surface area contributed by atoms with Crippen LogP contribution in [0.5, 0.6) is 0 Å². The summed E-state index contributed by atoms with van der Waals surface area (Å²) in [6.45, 7) is 6.95. The van der Waals surface area contributed by atoms with Crippen molar-refractivity contribution in [2.24, 2.45) is 0 Å². The summed E-state index contributed by atoms with van der Waals surface area (Å²) in [6, 6.07) is 7.79. The molecule has 1 aliphatic carbocycles. The summed E-state index contributed by atoms with van der Waals surface area (Å²) >= 11 is 1.26. The number of halogens is 4. The number of carbonyl (C=O) groups excluding carboxylic acids is 1. The largest absolute Gasteiger partial charge is 0.407 e. The van der Waals surface area contributed by atoms with Gasteiger partial charge in [-0.2, -0.15) is 18.3 Å². The quantitative estimate of drug-likeness (QED) is 0.237. The van der Waals surface area contributed by atoms with E-state index >= 15 is 0 Å². The molecule has 11 heteroatoms. The summed E-state index contributed by atoms with van der Waals surface area (Å²) in [7, 11) is 0. The highest BCUT2D eigenvalue weighted by Crippen LogP contribution is 2.42. The van der Waals surface area contributed by atoms with Crippen LogP contribution in [0.1, 0.15) is 45.3 Å². The normalized spacial score (nSPS) is 13.4. The predicted molar refractivity (Wildman–Crippen MR) is 125 cm³/mol. The van der Waals surface area contributed by atoms with Gasteiger partial charge in [-0.25, -0.2) is 18.9 Å². The maximum atomic E-state index is 14.8. The Labute approximate surface area is 207 Å². The molecule has 1 aliphatic rings. The van der Waals surface area contributed by atoms with Crippen molar-refractivity contribution in [3.05, 3.63) is 93.2 Å². The number of thiazole rings is 1. The third-order valence-electron chi connectivity index (χ3n) is 5.84. The van der Waals surface area contributed by atoms with Crippen LogP contribution in [-0.2, 0) is 12.7 Å². The van der Waals surface area contributed by atoms with Gasteiger partial charge in [-0.15, -0.1) is 11.3 Å². The minimum atomic E-state index is -4.67. The van der Waals surface area contributed by atoms with Crippen molar-refractivity contribution < 1.29 is 22.4 Å². The van der Waals surface area contributed by atoms with Gasteiger partial charge in [0.1, 0.15) is 10.7 Å². The summed E-state index contributed by atoms with van der Waals surface area (Å²) in [5, 5.41) is 6.87. The summed E-state index contributed by atoms with van der Waals surface area (Å²) in [5.74, 6) is -0.517. The SMILES string of the molecule is [C-]#[N+]c1ccc(-c2cnn(-c3ccc(CNC(=O)c4scnc4C4CC4)c(F)c3)c2)cc1C(F)(F)F. The molecule has 4 aromatic rings. The van der Waals surface area contributed by atoms with Crippen molar-refractivity contribution in [3.63, 3.8) is 0 Å². The third-order valence-corrected chi connectivity index (χ3v) is 6.69. The minimum Gasteiger partial charge on any atom is -0.347 e. The average Bonchev–Trinajstić information content (AvgIpc) is 3.37. The van der Waals surface area contributed by atoms with Gasteiger partial charge in [-0.3, -0.25) is 4.79 Å². The molecule has 2 heterocycles. The highest BCUT2D eigenvalue weighted by molar-refractivity contribution is 7.11. The van der Waals surface area contributed by atoms with Gasteiger partial charge in [0.05, 0.1) is 35.2 Å². The Morgan fingerprint density at radius 2 is 2.00 bits per heavy atom. The second-order valence-electron chi connectivity index (χ2n) is 8.31. The number of hydrogen-bond donors (Lipinski definition) is 1. The van der Waals surface area contributed by atoms with Gasteiger partial charge in [-0.1, -0.05) is 24.3 Å². The van der Waals surface area contributed by atoms with E-state index in [9.17, 15) is 22.4 Å². The molecule has 0 radical (unpaired) electrons. The smallest absolute Gasteiger partial charge is 0.347 e. The number of hydrogen-bond acceptors (Lipinski definition) is 4. The Bertz CT molecular complexity index is 1500. The topological polar surface area (TPSA) is 64.2 Å². The lowest BCUT2D eigenvalue weighted by atomic mass is 10.0. The first-order valence-electron chi connectivity index (χ1n) is 10.9. The van der Waals surface area contributed by atoms with E-state index in [-0.39, 0.29) is 23.6 Å². The molecule has 2 aromatic heterocycles. The van der Waals surface area contributed by atoms with Crippen LogP contribution in [-0.4, -0.2) is 20.7 Å². The van der Waals surface area contributed by atoms with Crippen LogP contribution < -0.4 is 5.32 Å². The number of alkyl halides is 3. The van der Waals surface area contributed by atoms with E-state index in [2.05, 4.69) is 20.2 Å². The molecule has 0 atom stereocenters. The molecule has 6 nitrogen and oxygen atoms in total. The average molecular weight is 512 g/mol. The fraction of sp³-hybridized carbons (Fsp3) is 0.200. The van der Waals surface area contributed by atoms with E-state index in [0.717, 1.165) is 30.7 Å². The van der Waals surface area contributed by atoms with Crippen molar-refractivity contribution >= 4 is 22.9 Å². The Morgan fingerprint density at radius 1 is 1.19 bits per heavy atom. The molecule has 1 saturated carbocycles. The molecule has 5 rings (SSSR count). The molecule has 0 saturated heterocycles. The Morgan fingerprint density at radius 3 is 2.69 bits per heavy atom. The van der Waals surface area contributed by atoms with Crippen LogP contribution in [0.25, 0.3) is 21.7 Å². The Hall–Kier alpha value is -4.04. The molecule has 0 unspecified atom stereocenters. The van der Waals surface area contributed by atoms with Gasteiger partial charge in [0, 0.05) is 29.8 Å². The van der Waals surface area contributed by atoms with Crippen molar-refractivity contribution in [2.45, 2.75) is 31.5 Å². The molecular weight excluding hydrogens is 494 g/mol. The molecule has 0 aliphatic heterocycles. The molecule has 0 bridgehead atoms. The van der Waals surface area contributed by atoms with Gasteiger partial charge in [0.25, 0.3) is 5.91 Å². The molecule has 1 amide bonds. The van der Waals surface area contributed by atoms with Crippen LogP contribution >= 0.6 is 11.3 Å². The van der Waals surface area contributed by atoms with Gasteiger partial charge in [0.15, 0.2) is 5.69 Å². The monoisotopic (exact) mass is 511 g/mol. The number of nitrogens with one attached hydrogen (secondary N) is 1. The lowest BCUT2D eigenvalue weighted by molar-refractivity contribution is -0.136. The Balaban J connectivity index is 1.31. The molecular formula is C25H17F4N5OS. The van der Waals surface area contributed by atoms with Crippen LogP contribution in [0, 0.1) is 12.4 Å². The fourth-order valence-corrected chi connectivity index (χ4v) is 4.59. The summed E-state index contributed by atoms with van der Waals surface area (Å²) < 4.78 is 56.0. The van der Waals surface area contributed by atoms with Crippen molar-refractivity contribution in [3.8, 4) is 16.8 Å². The highest BCUT2D eigenvalue weighted by atomic mass is 32.1. The van der Waals surface area contributed by atoms with E-state index in [1.807, 2.05) is 0 Å². The molecule has 0 spiro atoms. The first-order chi connectivity index (χ1) is 17.2. The zero-order valence-electron chi connectivity index (χ0n) is 18.5. The van der Waals surface area contributed by atoms with Crippen LogP contribution in [0.15, 0.2) is 54.3 Å². The number of benzene rings is 2. The number of amides is 1. The first kappa shape index (κ1) is 23.7. The van der Waals surface area contributed by atoms with Crippen molar-refractivity contribution in [1.29, 1.82) is 0 Å². The molecule has 182 valence electrons. The zero-order chi connectivity index (χ0) is 25.4. The van der Waals surface area contributed by atoms with Crippen LogP contribution in [0.4, 0.5) is 23.2 Å². The number of nitrogens with zero attached hydrogens (tertiary/aromatic N) is 4. The molecule has 1 N–H and O–H groups in total. The number of carbonyl (C=O) groups is 1. The maximum Gasteiger partial charge on any atom is 0.407 e. The maximum absolute atomic E-state index is 14.8. The molecule has 36 heavy (non-hydrogen) atoms. The van der Waals surface area contributed by atoms with E-state index in [0.29, 0.717) is 22.0 Å². The first-order valence-corrected chi connectivity index (χ1v) is 11.8. The highest BCUT2D eigenvalue weighted by Gasteiger charge is 2.34.